The van der Waals surface area contributed by atoms with Crippen LogP contribution in [0.1, 0.15) is 71.6 Å². The summed E-state index contributed by atoms with van der Waals surface area (Å²) in [5.74, 6) is 0.215. The molecule has 0 N–H and O–H groups in total. The Kier molecular flexibility index (Phi) is 11.0. The number of hydrogen-bond donors (Lipinski definition) is 0. The van der Waals surface area contributed by atoms with E-state index in [-0.39, 0.29) is 11.8 Å². The van der Waals surface area contributed by atoms with Gasteiger partial charge in [-0.15, -0.1) is 0 Å². The second-order valence-corrected chi connectivity index (χ2v) is 4.54. The number of esters is 1. The molecule has 17 heavy (non-hydrogen) atoms. The zero-order valence-corrected chi connectivity index (χ0v) is 11.3. The topological polar surface area (TPSA) is 43.4 Å². The van der Waals surface area contributed by atoms with Crippen LogP contribution in [-0.2, 0) is 14.3 Å². The number of ether oxygens (including phenoxy) is 1. The molecule has 0 bridgehead atoms. The number of carbonyl (C=O) groups excluding carboxylic acids is 2. The van der Waals surface area contributed by atoms with E-state index >= 15 is 0 Å². The van der Waals surface area contributed by atoms with Crippen LogP contribution in [-0.4, -0.2) is 18.4 Å². The van der Waals surface area contributed by atoms with Gasteiger partial charge in [-0.25, -0.2) is 0 Å². The van der Waals surface area contributed by atoms with E-state index in [0.29, 0.717) is 19.4 Å². The third-order valence-electron chi connectivity index (χ3n) is 2.63. The molecule has 100 valence electrons. The Morgan fingerprint density at radius 2 is 1.41 bits per heavy atom. The van der Waals surface area contributed by atoms with Gasteiger partial charge in [0.2, 0.25) is 0 Å². The van der Waals surface area contributed by atoms with Crippen LogP contribution >= 0.6 is 0 Å². The number of carbonyl (C=O) groups is 2. The maximum absolute atomic E-state index is 11.2. The fourth-order valence-electron chi connectivity index (χ4n) is 1.64. The summed E-state index contributed by atoms with van der Waals surface area (Å²) in [5.41, 5.74) is 0. The zero-order valence-electron chi connectivity index (χ0n) is 11.3. The SMILES string of the molecule is CCCOC(=O)CCCCCCCCC(C)=O. The lowest BCUT2D eigenvalue weighted by Gasteiger charge is -2.03. The van der Waals surface area contributed by atoms with E-state index in [9.17, 15) is 9.59 Å². The minimum atomic E-state index is -0.0663. The van der Waals surface area contributed by atoms with Crippen molar-refractivity contribution in [3.63, 3.8) is 0 Å². The molecule has 0 radical (unpaired) electrons. The van der Waals surface area contributed by atoms with E-state index in [1.54, 1.807) is 6.92 Å². The Morgan fingerprint density at radius 3 is 1.94 bits per heavy atom. The van der Waals surface area contributed by atoms with Crippen molar-refractivity contribution in [1.82, 2.24) is 0 Å². The highest BCUT2D eigenvalue weighted by Gasteiger charge is 2.01. The summed E-state index contributed by atoms with van der Waals surface area (Å²) in [4.78, 5) is 21.8. The van der Waals surface area contributed by atoms with Crippen LogP contribution in [0.2, 0.25) is 0 Å². The fourth-order valence-corrected chi connectivity index (χ4v) is 1.64. The summed E-state index contributed by atoms with van der Waals surface area (Å²) in [6.45, 7) is 4.18. The maximum atomic E-state index is 11.2. The molecule has 0 spiro atoms. The predicted molar refractivity (Wildman–Crippen MR) is 68.9 cm³/mol. The van der Waals surface area contributed by atoms with Gasteiger partial charge in [-0.05, 0) is 26.2 Å². The molecule has 3 heteroatoms. The van der Waals surface area contributed by atoms with Crippen molar-refractivity contribution >= 4 is 11.8 Å². The summed E-state index contributed by atoms with van der Waals surface area (Å²) < 4.78 is 4.99. The lowest BCUT2D eigenvalue weighted by molar-refractivity contribution is -0.143. The van der Waals surface area contributed by atoms with Crippen LogP contribution in [0.4, 0.5) is 0 Å². The quantitative estimate of drug-likeness (QED) is 0.410. The molecule has 0 aromatic heterocycles. The van der Waals surface area contributed by atoms with Gasteiger partial charge in [-0.3, -0.25) is 4.79 Å². The van der Waals surface area contributed by atoms with E-state index in [1.807, 2.05) is 6.92 Å². The van der Waals surface area contributed by atoms with E-state index in [4.69, 9.17) is 4.74 Å². The first-order valence-corrected chi connectivity index (χ1v) is 6.82. The molecule has 0 atom stereocenters. The van der Waals surface area contributed by atoms with Crippen molar-refractivity contribution in [2.24, 2.45) is 0 Å². The van der Waals surface area contributed by atoms with Crippen LogP contribution in [0.15, 0.2) is 0 Å². The summed E-state index contributed by atoms with van der Waals surface area (Å²) >= 11 is 0. The molecule has 0 aromatic carbocycles. The Morgan fingerprint density at radius 1 is 0.882 bits per heavy atom. The van der Waals surface area contributed by atoms with Crippen molar-refractivity contribution < 1.29 is 14.3 Å². The Hall–Kier alpha value is -0.860. The van der Waals surface area contributed by atoms with Crippen molar-refractivity contribution in [3.8, 4) is 0 Å². The van der Waals surface area contributed by atoms with E-state index in [2.05, 4.69) is 0 Å². The molecule has 0 amide bonds. The van der Waals surface area contributed by atoms with Crippen molar-refractivity contribution in [2.45, 2.75) is 71.6 Å². The Labute approximate surface area is 105 Å². The first-order chi connectivity index (χ1) is 8.16. The molecule has 0 aromatic rings. The number of rotatable bonds is 11. The van der Waals surface area contributed by atoms with Crippen LogP contribution in [0.25, 0.3) is 0 Å². The number of unbranched alkanes of at least 4 members (excludes halogenated alkanes) is 5. The van der Waals surface area contributed by atoms with Gasteiger partial charge in [0, 0.05) is 12.8 Å². The van der Waals surface area contributed by atoms with Crippen molar-refractivity contribution in [3.05, 3.63) is 0 Å². The summed E-state index contributed by atoms with van der Waals surface area (Å²) in [5, 5.41) is 0. The van der Waals surface area contributed by atoms with E-state index in [1.165, 1.54) is 0 Å². The highest BCUT2D eigenvalue weighted by atomic mass is 16.5. The number of hydrogen-bond acceptors (Lipinski definition) is 3. The van der Waals surface area contributed by atoms with Gasteiger partial charge in [0.05, 0.1) is 6.61 Å². The van der Waals surface area contributed by atoms with Crippen molar-refractivity contribution in [1.29, 1.82) is 0 Å². The molecule has 0 unspecified atom stereocenters. The first-order valence-electron chi connectivity index (χ1n) is 6.82. The zero-order chi connectivity index (χ0) is 12.9. The summed E-state index contributed by atoms with van der Waals surface area (Å²) in [6.07, 6.45) is 8.61. The van der Waals surface area contributed by atoms with Gasteiger partial charge in [0.1, 0.15) is 5.78 Å². The average Bonchev–Trinajstić information content (AvgIpc) is 2.29. The van der Waals surface area contributed by atoms with E-state index < -0.39 is 0 Å². The van der Waals surface area contributed by atoms with Crippen LogP contribution in [0.3, 0.4) is 0 Å². The maximum Gasteiger partial charge on any atom is 0.305 e. The highest BCUT2D eigenvalue weighted by Crippen LogP contribution is 2.09. The fraction of sp³-hybridized carbons (Fsp3) is 0.857. The lowest BCUT2D eigenvalue weighted by atomic mass is 10.1. The molecule has 0 fully saturated rings. The third kappa shape index (κ3) is 13.1. The minimum Gasteiger partial charge on any atom is -0.466 e. The molecule has 0 aliphatic heterocycles. The monoisotopic (exact) mass is 242 g/mol. The highest BCUT2D eigenvalue weighted by molar-refractivity contribution is 5.75. The second kappa shape index (κ2) is 11.6. The standard InChI is InChI=1S/C14H26O3/c1-3-12-17-14(16)11-9-7-5-4-6-8-10-13(2)15/h3-12H2,1-2H3. The molecule has 0 saturated heterocycles. The molecule has 0 saturated carbocycles. The number of ketones is 1. The first kappa shape index (κ1) is 16.1. The smallest absolute Gasteiger partial charge is 0.305 e. The van der Waals surface area contributed by atoms with Crippen LogP contribution in [0, 0.1) is 0 Å². The van der Waals surface area contributed by atoms with Crippen molar-refractivity contribution in [2.75, 3.05) is 6.61 Å². The van der Waals surface area contributed by atoms with Gasteiger partial charge in [0.15, 0.2) is 0 Å². The number of Topliss-reactive ketones (excluding diaryl/α,β-unsaturated/α-hetero) is 1. The van der Waals surface area contributed by atoms with Gasteiger partial charge >= 0.3 is 5.97 Å². The Balaban J connectivity index is 3.12. The normalized spacial score (nSPS) is 10.2. The molecule has 0 aliphatic carbocycles. The lowest BCUT2D eigenvalue weighted by Crippen LogP contribution is -2.04. The molecule has 0 rings (SSSR count). The molecule has 3 nitrogen and oxygen atoms in total. The summed E-state index contributed by atoms with van der Waals surface area (Å²) in [7, 11) is 0. The van der Waals surface area contributed by atoms with Gasteiger partial charge in [-0.2, -0.15) is 0 Å². The summed E-state index contributed by atoms with van der Waals surface area (Å²) in [6, 6.07) is 0. The third-order valence-corrected chi connectivity index (χ3v) is 2.63. The Bertz CT molecular complexity index is 212. The second-order valence-electron chi connectivity index (χ2n) is 4.54. The molecule has 0 heterocycles. The van der Waals surface area contributed by atoms with Crippen LogP contribution in [0.5, 0.6) is 0 Å². The molecule has 0 aliphatic rings. The minimum absolute atomic E-state index is 0.0663. The van der Waals surface area contributed by atoms with E-state index in [0.717, 1.165) is 44.9 Å². The predicted octanol–water partition coefficient (Wildman–Crippen LogP) is 3.65. The molecular formula is C14H26O3. The van der Waals surface area contributed by atoms with Gasteiger partial charge in [-0.1, -0.05) is 32.6 Å². The van der Waals surface area contributed by atoms with Crippen LogP contribution < -0.4 is 0 Å². The molecular weight excluding hydrogens is 216 g/mol. The average molecular weight is 242 g/mol. The van der Waals surface area contributed by atoms with Gasteiger partial charge in [0.25, 0.3) is 0 Å². The van der Waals surface area contributed by atoms with Gasteiger partial charge < -0.3 is 9.53 Å². The largest absolute Gasteiger partial charge is 0.466 e.